The molecule has 1 aromatic rings. The highest BCUT2D eigenvalue weighted by Gasteiger charge is 2.47. The predicted molar refractivity (Wildman–Crippen MR) is 91.5 cm³/mol. The Labute approximate surface area is 142 Å². The highest BCUT2D eigenvalue weighted by Crippen LogP contribution is 2.27. The van der Waals surface area contributed by atoms with E-state index in [1.807, 2.05) is 30.0 Å². The third-order valence-electron chi connectivity index (χ3n) is 5.16. The Morgan fingerprint density at radius 1 is 1.17 bits per heavy atom. The maximum atomic E-state index is 12.7. The Kier molecular flexibility index (Phi) is 4.76. The quantitative estimate of drug-likeness (QED) is 0.787. The number of aliphatic hydroxyl groups excluding tert-OH is 1. The first-order valence-corrected chi connectivity index (χ1v) is 8.56. The number of aliphatic hydroxyl groups is 1. The van der Waals surface area contributed by atoms with Crippen LogP contribution in [-0.4, -0.2) is 60.1 Å². The number of carbonyl (C=O) groups excluding carboxylic acids is 2. The molecule has 2 amide bonds. The molecule has 4 atom stereocenters. The number of hydrogen-bond donors (Lipinski definition) is 2. The first-order valence-electron chi connectivity index (χ1n) is 8.56. The normalized spacial score (nSPS) is 26.4. The zero-order chi connectivity index (χ0) is 17.3. The molecule has 6 nitrogen and oxygen atoms in total. The van der Waals surface area contributed by atoms with E-state index in [-0.39, 0.29) is 23.8 Å². The van der Waals surface area contributed by atoms with Gasteiger partial charge in [0.05, 0.1) is 24.0 Å². The van der Waals surface area contributed by atoms with Crippen molar-refractivity contribution >= 4 is 17.5 Å². The van der Waals surface area contributed by atoms with E-state index in [9.17, 15) is 14.7 Å². The van der Waals surface area contributed by atoms with E-state index >= 15 is 0 Å². The molecule has 2 fully saturated rings. The van der Waals surface area contributed by atoms with Crippen molar-refractivity contribution in [2.24, 2.45) is 11.8 Å². The SMILES string of the molecule is CC(C(=O)N1CCN(c2ccccc2)CC1)[C@H]1NC(=O)[C@@H]1[C@@H](C)O. The molecular weight excluding hydrogens is 306 g/mol. The fraction of sp³-hybridized carbons (Fsp3) is 0.556. The summed E-state index contributed by atoms with van der Waals surface area (Å²) >= 11 is 0. The van der Waals surface area contributed by atoms with Gasteiger partial charge in [-0.05, 0) is 19.1 Å². The Morgan fingerprint density at radius 2 is 1.79 bits per heavy atom. The molecule has 130 valence electrons. The van der Waals surface area contributed by atoms with Crippen molar-refractivity contribution in [1.29, 1.82) is 0 Å². The van der Waals surface area contributed by atoms with E-state index in [2.05, 4.69) is 22.3 Å². The molecule has 2 aliphatic rings. The van der Waals surface area contributed by atoms with Gasteiger partial charge in [0.2, 0.25) is 11.8 Å². The number of benzene rings is 1. The Bertz CT molecular complexity index is 597. The lowest BCUT2D eigenvalue weighted by molar-refractivity contribution is -0.148. The van der Waals surface area contributed by atoms with Crippen LogP contribution in [0.2, 0.25) is 0 Å². The molecule has 0 spiro atoms. The summed E-state index contributed by atoms with van der Waals surface area (Å²) < 4.78 is 0. The van der Waals surface area contributed by atoms with Crippen molar-refractivity contribution in [1.82, 2.24) is 10.2 Å². The molecule has 0 bridgehead atoms. The lowest BCUT2D eigenvalue weighted by Gasteiger charge is -2.44. The Hall–Kier alpha value is -2.08. The summed E-state index contributed by atoms with van der Waals surface area (Å²) in [7, 11) is 0. The first kappa shape index (κ1) is 16.8. The zero-order valence-corrected chi connectivity index (χ0v) is 14.2. The van der Waals surface area contributed by atoms with E-state index < -0.39 is 12.0 Å². The minimum absolute atomic E-state index is 0.0540. The van der Waals surface area contributed by atoms with Crippen molar-refractivity contribution in [3.05, 3.63) is 30.3 Å². The highest BCUT2D eigenvalue weighted by molar-refractivity contribution is 5.90. The molecule has 2 N–H and O–H groups in total. The fourth-order valence-corrected chi connectivity index (χ4v) is 3.64. The van der Waals surface area contributed by atoms with E-state index in [1.165, 1.54) is 5.69 Å². The van der Waals surface area contributed by atoms with Gasteiger partial charge in [0.25, 0.3) is 0 Å². The van der Waals surface area contributed by atoms with Gasteiger partial charge >= 0.3 is 0 Å². The lowest BCUT2D eigenvalue weighted by atomic mass is 9.78. The number of nitrogens with zero attached hydrogens (tertiary/aromatic N) is 2. The van der Waals surface area contributed by atoms with Gasteiger partial charge in [0, 0.05) is 31.9 Å². The van der Waals surface area contributed by atoms with Gasteiger partial charge in [-0.15, -0.1) is 0 Å². The van der Waals surface area contributed by atoms with Gasteiger partial charge in [-0.2, -0.15) is 0 Å². The van der Waals surface area contributed by atoms with Gasteiger partial charge in [0.15, 0.2) is 0 Å². The molecule has 2 saturated heterocycles. The minimum atomic E-state index is -0.728. The molecular formula is C18H25N3O3. The van der Waals surface area contributed by atoms with Crippen molar-refractivity contribution in [3.8, 4) is 0 Å². The summed E-state index contributed by atoms with van der Waals surface area (Å²) in [5, 5.41) is 12.5. The van der Waals surface area contributed by atoms with Crippen LogP contribution in [0.15, 0.2) is 30.3 Å². The smallest absolute Gasteiger partial charge is 0.228 e. The summed E-state index contributed by atoms with van der Waals surface area (Å²) in [6.07, 6.45) is -0.728. The number of hydrogen-bond acceptors (Lipinski definition) is 4. The number of piperazine rings is 1. The Morgan fingerprint density at radius 3 is 2.33 bits per heavy atom. The van der Waals surface area contributed by atoms with Gasteiger partial charge in [-0.1, -0.05) is 25.1 Å². The highest BCUT2D eigenvalue weighted by atomic mass is 16.3. The second-order valence-corrected chi connectivity index (χ2v) is 6.74. The number of rotatable bonds is 4. The number of β-lactam (4-membered cyclic amide) rings is 1. The standard InChI is InChI=1S/C18H25N3O3/c1-12(16-15(13(2)22)17(23)19-16)18(24)21-10-8-20(9-11-21)14-6-4-3-5-7-14/h3-7,12-13,15-16,22H,8-11H2,1-2H3,(H,19,23)/t12?,13-,15-,16-/m1/s1. The number of para-hydroxylation sites is 1. The molecule has 6 heteroatoms. The fourth-order valence-electron chi connectivity index (χ4n) is 3.64. The van der Waals surface area contributed by atoms with Crippen LogP contribution in [-0.2, 0) is 9.59 Å². The van der Waals surface area contributed by atoms with Crippen LogP contribution >= 0.6 is 0 Å². The van der Waals surface area contributed by atoms with Gasteiger partial charge in [0.1, 0.15) is 0 Å². The van der Waals surface area contributed by atoms with Crippen molar-refractivity contribution in [2.45, 2.75) is 26.0 Å². The molecule has 0 radical (unpaired) electrons. The van der Waals surface area contributed by atoms with Crippen LogP contribution in [0.3, 0.4) is 0 Å². The maximum Gasteiger partial charge on any atom is 0.228 e. The van der Waals surface area contributed by atoms with E-state index in [0.717, 1.165) is 13.1 Å². The van der Waals surface area contributed by atoms with Gasteiger partial charge in [-0.3, -0.25) is 9.59 Å². The van der Waals surface area contributed by atoms with Crippen LogP contribution in [0.4, 0.5) is 5.69 Å². The molecule has 2 heterocycles. The molecule has 1 unspecified atom stereocenters. The van der Waals surface area contributed by atoms with Gasteiger partial charge < -0.3 is 20.2 Å². The number of anilines is 1. The van der Waals surface area contributed by atoms with Crippen LogP contribution in [0.25, 0.3) is 0 Å². The molecule has 2 aliphatic heterocycles. The topological polar surface area (TPSA) is 72.9 Å². The maximum absolute atomic E-state index is 12.7. The molecule has 0 saturated carbocycles. The third-order valence-corrected chi connectivity index (χ3v) is 5.16. The third kappa shape index (κ3) is 3.11. The summed E-state index contributed by atoms with van der Waals surface area (Å²) in [4.78, 5) is 28.5. The van der Waals surface area contributed by atoms with Crippen molar-refractivity contribution in [3.63, 3.8) is 0 Å². The monoisotopic (exact) mass is 331 g/mol. The molecule has 0 aromatic heterocycles. The minimum Gasteiger partial charge on any atom is -0.393 e. The van der Waals surface area contributed by atoms with E-state index in [1.54, 1.807) is 6.92 Å². The molecule has 24 heavy (non-hydrogen) atoms. The largest absolute Gasteiger partial charge is 0.393 e. The summed E-state index contributed by atoms with van der Waals surface area (Å²) in [6, 6.07) is 9.93. The van der Waals surface area contributed by atoms with Crippen LogP contribution < -0.4 is 10.2 Å². The molecule has 1 aromatic carbocycles. The summed E-state index contributed by atoms with van der Waals surface area (Å²) in [5.74, 6) is -0.901. The average Bonchev–Trinajstić information content (AvgIpc) is 2.58. The van der Waals surface area contributed by atoms with Crippen molar-refractivity contribution in [2.75, 3.05) is 31.1 Å². The number of carbonyl (C=O) groups is 2. The molecule has 3 rings (SSSR count). The van der Waals surface area contributed by atoms with Crippen LogP contribution in [0.5, 0.6) is 0 Å². The number of amides is 2. The van der Waals surface area contributed by atoms with Crippen molar-refractivity contribution < 1.29 is 14.7 Å². The predicted octanol–water partition coefficient (Wildman–Crippen LogP) is 0.467. The first-order chi connectivity index (χ1) is 11.5. The second-order valence-electron chi connectivity index (χ2n) is 6.74. The van der Waals surface area contributed by atoms with E-state index in [0.29, 0.717) is 13.1 Å². The molecule has 0 aliphatic carbocycles. The van der Waals surface area contributed by atoms with Gasteiger partial charge in [-0.25, -0.2) is 0 Å². The van der Waals surface area contributed by atoms with E-state index in [4.69, 9.17) is 0 Å². The van der Waals surface area contributed by atoms with Crippen LogP contribution in [0, 0.1) is 11.8 Å². The average molecular weight is 331 g/mol. The van der Waals surface area contributed by atoms with Crippen LogP contribution in [0.1, 0.15) is 13.8 Å². The number of nitrogens with one attached hydrogen (secondary N) is 1. The summed E-state index contributed by atoms with van der Waals surface area (Å²) in [6.45, 7) is 6.41. The lowest BCUT2D eigenvalue weighted by Crippen LogP contribution is -2.66. The summed E-state index contributed by atoms with van der Waals surface area (Å²) in [5.41, 5.74) is 1.18. The second kappa shape index (κ2) is 6.81. The Balaban J connectivity index is 1.56. The zero-order valence-electron chi connectivity index (χ0n) is 14.2.